The number of carbonyl (C=O) groups is 1. The maximum Gasteiger partial charge on any atom is 0.237 e. The molecule has 1 aliphatic rings. The summed E-state index contributed by atoms with van der Waals surface area (Å²) in [5.41, 5.74) is 5.40. The van der Waals surface area contributed by atoms with Crippen LogP contribution in [0.2, 0.25) is 0 Å². The van der Waals surface area contributed by atoms with Crippen LogP contribution in [0.3, 0.4) is 0 Å². The van der Waals surface area contributed by atoms with Crippen molar-refractivity contribution in [2.75, 3.05) is 26.3 Å². The quantitative estimate of drug-likeness (QED) is 0.866. The van der Waals surface area contributed by atoms with Crippen LogP contribution in [0.25, 0.3) is 0 Å². The van der Waals surface area contributed by atoms with E-state index in [1.807, 2.05) is 11.8 Å². The maximum atomic E-state index is 12.8. The Hall–Kier alpha value is -1.66. The minimum Gasteiger partial charge on any atom is -0.492 e. The van der Waals surface area contributed by atoms with Crippen molar-refractivity contribution in [2.45, 2.75) is 19.1 Å². The van der Waals surface area contributed by atoms with E-state index in [1.165, 1.54) is 12.1 Å². The first-order valence-electron chi connectivity index (χ1n) is 6.61. The van der Waals surface area contributed by atoms with E-state index in [2.05, 4.69) is 0 Å². The summed E-state index contributed by atoms with van der Waals surface area (Å²) in [5, 5.41) is 0. The molecule has 0 aromatic heterocycles. The second-order valence-electron chi connectivity index (χ2n) is 4.76. The van der Waals surface area contributed by atoms with Gasteiger partial charge in [-0.25, -0.2) is 4.39 Å². The van der Waals surface area contributed by atoms with Gasteiger partial charge in [0.15, 0.2) is 0 Å². The Kier molecular flexibility index (Phi) is 4.92. The predicted octanol–water partition coefficient (Wildman–Crippen LogP) is 0.779. The Morgan fingerprint density at radius 2 is 2.20 bits per heavy atom. The van der Waals surface area contributed by atoms with Gasteiger partial charge in [0.1, 0.15) is 24.2 Å². The maximum absolute atomic E-state index is 12.8. The van der Waals surface area contributed by atoms with Crippen LogP contribution in [0.1, 0.15) is 6.92 Å². The number of nitrogens with zero attached hydrogens (tertiary/aromatic N) is 1. The third kappa shape index (κ3) is 3.68. The van der Waals surface area contributed by atoms with Gasteiger partial charge >= 0.3 is 0 Å². The number of hydrogen-bond donors (Lipinski definition) is 1. The lowest BCUT2D eigenvalue weighted by Gasteiger charge is -2.37. The molecular weight excluding hydrogens is 263 g/mol. The van der Waals surface area contributed by atoms with E-state index >= 15 is 0 Å². The molecule has 2 rings (SSSR count). The van der Waals surface area contributed by atoms with Gasteiger partial charge in [0, 0.05) is 13.1 Å². The molecule has 110 valence electrons. The Morgan fingerprint density at radius 1 is 1.50 bits per heavy atom. The van der Waals surface area contributed by atoms with Gasteiger partial charge in [-0.15, -0.1) is 0 Å². The molecule has 1 fully saturated rings. The molecule has 1 amide bonds. The molecule has 2 atom stereocenters. The molecule has 2 N–H and O–H groups in total. The van der Waals surface area contributed by atoms with Gasteiger partial charge in [-0.1, -0.05) is 0 Å². The molecule has 0 spiro atoms. The van der Waals surface area contributed by atoms with Crippen molar-refractivity contribution in [1.29, 1.82) is 0 Å². The summed E-state index contributed by atoms with van der Waals surface area (Å²) in [7, 11) is 0. The summed E-state index contributed by atoms with van der Waals surface area (Å²) in [5.74, 6) is -0.0875. The molecule has 0 unspecified atom stereocenters. The van der Waals surface area contributed by atoms with Crippen molar-refractivity contribution < 1.29 is 18.7 Å². The van der Waals surface area contributed by atoms with Crippen molar-refractivity contribution in [3.8, 4) is 5.75 Å². The van der Waals surface area contributed by atoms with Gasteiger partial charge in [-0.2, -0.15) is 0 Å². The Balaban J connectivity index is 1.85. The van der Waals surface area contributed by atoms with Gasteiger partial charge in [-0.3, -0.25) is 9.69 Å². The van der Waals surface area contributed by atoms with Crippen LogP contribution in [-0.4, -0.2) is 49.3 Å². The number of hydrogen-bond acceptors (Lipinski definition) is 4. The SMILES string of the molecule is C[C@H]1OCCN(CCOc2ccc(F)cc2)[C@@H]1C(N)=O. The number of ether oxygens (including phenoxy) is 2. The third-order valence-electron chi connectivity index (χ3n) is 3.35. The second kappa shape index (κ2) is 6.67. The van der Waals surface area contributed by atoms with Crippen molar-refractivity contribution in [1.82, 2.24) is 4.90 Å². The van der Waals surface area contributed by atoms with Crippen LogP contribution in [-0.2, 0) is 9.53 Å². The molecule has 1 aromatic carbocycles. The standard InChI is InChI=1S/C14H19FN2O3/c1-10-13(14(16)18)17(6-8-19-10)7-9-20-12-4-2-11(15)3-5-12/h2-5,10,13H,6-9H2,1H3,(H2,16,18)/t10-,13+/m1/s1. The van der Waals surface area contributed by atoms with Gasteiger partial charge in [0.05, 0.1) is 12.7 Å². The second-order valence-corrected chi connectivity index (χ2v) is 4.76. The molecule has 1 saturated heterocycles. The molecule has 0 radical (unpaired) electrons. The molecule has 0 aliphatic carbocycles. The van der Waals surface area contributed by atoms with E-state index in [4.69, 9.17) is 15.2 Å². The minimum atomic E-state index is -0.430. The smallest absolute Gasteiger partial charge is 0.237 e. The predicted molar refractivity (Wildman–Crippen MR) is 71.9 cm³/mol. The number of carbonyl (C=O) groups excluding carboxylic acids is 1. The Labute approximate surface area is 117 Å². The van der Waals surface area contributed by atoms with Gasteiger partial charge in [0.2, 0.25) is 5.91 Å². The number of nitrogens with two attached hydrogens (primary N) is 1. The monoisotopic (exact) mass is 282 g/mol. The van der Waals surface area contributed by atoms with Gasteiger partial charge in [0.25, 0.3) is 0 Å². The molecule has 20 heavy (non-hydrogen) atoms. The van der Waals surface area contributed by atoms with E-state index in [1.54, 1.807) is 12.1 Å². The Bertz CT molecular complexity index is 452. The van der Waals surface area contributed by atoms with Crippen molar-refractivity contribution in [2.24, 2.45) is 5.73 Å². The highest BCUT2D eigenvalue weighted by Gasteiger charge is 2.33. The van der Waals surface area contributed by atoms with Gasteiger partial charge in [-0.05, 0) is 31.2 Å². The highest BCUT2D eigenvalue weighted by molar-refractivity contribution is 5.80. The van der Waals surface area contributed by atoms with Gasteiger partial charge < -0.3 is 15.2 Å². The lowest BCUT2D eigenvalue weighted by Crippen LogP contribution is -2.57. The van der Waals surface area contributed by atoms with Crippen LogP contribution in [0.15, 0.2) is 24.3 Å². The highest BCUT2D eigenvalue weighted by atomic mass is 19.1. The molecule has 0 bridgehead atoms. The summed E-state index contributed by atoms with van der Waals surface area (Å²) >= 11 is 0. The molecule has 1 aromatic rings. The first-order valence-corrected chi connectivity index (χ1v) is 6.61. The zero-order valence-electron chi connectivity index (χ0n) is 11.4. The van der Waals surface area contributed by atoms with Crippen molar-refractivity contribution in [3.05, 3.63) is 30.1 Å². The van der Waals surface area contributed by atoms with Crippen molar-refractivity contribution in [3.63, 3.8) is 0 Å². The number of rotatable bonds is 5. The molecule has 1 aliphatic heterocycles. The van der Waals surface area contributed by atoms with E-state index in [9.17, 15) is 9.18 Å². The summed E-state index contributed by atoms with van der Waals surface area (Å²) < 4.78 is 23.7. The fourth-order valence-corrected chi connectivity index (χ4v) is 2.36. The first kappa shape index (κ1) is 14.7. The average molecular weight is 282 g/mol. The number of halogens is 1. The average Bonchev–Trinajstić information content (AvgIpc) is 2.40. The zero-order chi connectivity index (χ0) is 14.5. The Morgan fingerprint density at radius 3 is 2.85 bits per heavy atom. The highest BCUT2D eigenvalue weighted by Crippen LogP contribution is 2.15. The van der Waals surface area contributed by atoms with Crippen LogP contribution in [0.5, 0.6) is 5.75 Å². The number of primary amides is 1. The van der Waals surface area contributed by atoms with Crippen molar-refractivity contribution >= 4 is 5.91 Å². The molecule has 1 heterocycles. The van der Waals surface area contributed by atoms with E-state index in [-0.39, 0.29) is 17.8 Å². The fraction of sp³-hybridized carbons (Fsp3) is 0.500. The first-order chi connectivity index (χ1) is 9.58. The number of morpholine rings is 1. The lowest BCUT2D eigenvalue weighted by atomic mass is 10.1. The largest absolute Gasteiger partial charge is 0.492 e. The van der Waals surface area contributed by atoms with Crippen LogP contribution in [0, 0.1) is 5.82 Å². The lowest BCUT2D eigenvalue weighted by molar-refractivity contribution is -0.136. The number of amides is 1. The fourth-order valence-electron chi connectivity index (χ4n) is 2.36. The van der Waals surface area contributed by atoms with E-state index in [0.29, 0.717) is 32.1 Å². The number of benzene rings is 1. The topological polar surface area (TPSA) is 64.8 Å². The zero-order valence-corrected chi connectivity index (χ0v) is 11.4. The van der Waals surface area contributed by atoms with Crippen LogP contribution >= 0.6 is 0 Å². The molecular formula is C14H19FN2O3. The normalized spacial score (nSPS) is 23.5. The summed E-state index contributed by atoms with van der Waals surface area (Å²) in [6.07, 6.45) is -0.216. The third-order valence-corrected chi connectivity index (χ3v) is 3.35. The van der Waals surface area contributed by atoms with E-state index in [0.717, 1.165) is 0 Å². The summed E-state index contributed by atoms with van der Waals surface area (Å²) in [6.45, 7) is 4.02. The van der Waals surface area contributed by atoms with E-state index < -0.39 is 6.04 Å². The summed E-state index contributed by atoms with van der Waals surface area (Å²) in [4.78, 5) is 13.4. The van der Waals surface area contributed by atoms with Crippen LogP contribution < -0.4 is 10.5 Å². The molecule has 6 heteroatoms. The molecule has 5 nitrogen and oxygen atoms in total. The van der Waals surface area contributed by atoms with Crippen LogP contribution in [0.4, 0.5) is 4.39 Å². The summed E-state index contributed by atoms with van der Waals surface area (Å²) in [6, 6.07) is 5.41. The molecule has 0 saturated carbocycles. The minimum absolute atomic E-state index is 0.216.